The molecule has 1 amide bonds. The van der Waals surface area contributed by atoms with Crippen molar-refractivity contribution < 1.29 is 23.4 Å². The number of fused-ring (bicyclic) bond motifs is 1. The molecule has 9 heteroatoms. The van der Waals surface area contributed by atoms with Crippen molar-refractivity contribution in [2.45, 2.75) is 30.9 Å². The first-order valence-corrected chi connectivity index (χ1v) is 11.7. The number of ether oxygens (including phenoxy) is 1. The standard InChI is InChI=1S/C27H26F2N4O3/c1-36-22-11-21(13-30-15-22)18-7-8-20-16-33(32-23(20)12-18)27(29)10-9-19(24(28)25(27)34)14-31-26(35)17-5-3-2-4-6-17/h2-8,11-13,15-16,19,24-25,34H,9-10,14H2,1H3,(H,31,35)/t19-,24-,25-,27+/m1/s1. The number of hydrogen-bond acceptors (Lipinski definition) is 5. The van der Waals surface area contributed by atoms with E-state index in [2.05, 4.69) is 15.4 Å². The van der Waals surface area contributed by atoms with E-state index in [1.54, 1.807) is 62.0 Å². The molecular formula is C27H26F2N4O3. The predicted octanol–water partition coefficient (Wildman–Crippen LogP) is 4.27. The van der Waals surface area contributed by atoms with E-state index >= 15 is 8.78 Å². The molecule has 1 aliphatic carbocycles. The van der Waals surface area contributed by atoms with Crippen LogP contribution in [-0.2, 0) is 5.79 Å². The van der Waals surface area contributed by atoms with Gasteiger partial charge in [0, 0.05) is 47.8 Å². The Labute approximate surface area is 206 Å². The van der Waals surface area contributed by atoms with Gasteiger partial charge in [0.25, 0.3) is 5.91 Å². The highest BCUT2D eigenvalue weighted by molar-refractivity contribution is 5.94. The fourth-order valence-corrected chi connectivity index (χ4v) is 4.65. The maximum Gasteiger partial charge on any atom is 0.251 e. The highest BCUT2D eigenvalue weighted by Crippen LogP contribution is 2.41. The number of alkyl halides is 2. The number of pyridine rings is 1. The molecule has 0 aliphatic heterocycles. The van der Waals surface area contributed by atoms with Gasteiger partial charge in [-0.15, -0.1) is 0 Å². The lowest BCUT2D eigenvalue weighted by Gasteiger charge is -2.40. The molecule has 1 aliphatic rings. The molecule has 1 fully saturated rings. The van der Waals surface area contributed by atoms with Crippen molar-refractivity contribution >= 4 is 16.8 Å². The number of halogens is 2. The van der Waals surface area contributed by atoms with Crippen molar-refractivity contribution in [3.63, 3.8) is 0 Å². The van der Waals surface area contributed by atoms with Crippen molar-refractivity contribution in [2.75, 3.05) is 13.7 Å². The van der Waals surface area contributed by atoms with Gasteiger partial charge in [-0.2, -0.15) is 5.10 Å². The van der Waals surface area contributed by atoms with Crippen molar-refractivity contribution in [3.05, 3.63) is 78.8 Å². The third-order valence-corrected chi connectivity index (χ3v) is 6.80. The molecular weight excluding hydrogens is 466 g/mol. The highest BCUT2D eigenvalue weighted by Gasteiger charge is 2.52. The fraction of sp³-hybridized carbons (Fsp3) is 0.296. The summed E-state index contributed by atoms with van der Waals surface area (Å²) in [5.74, 6) is -2.85. The molecule has 7 nitrogen and oxygen atoms in total. The second kappa shape index (κ2) is 9.66. The summed E-state index contributed by atoms with van der Waals surface area (Å²) < 4.78 is 37.5. The normalized spacial score (nSPS) is 23.9. The number of carbonyl (C=O) groups excluding carboxylic acids is 1. The molecule has 2 aromatic carbocycles. The number of nitrogens with zero attached hydrogens (tertiary/aromatic N) is 3. The molecule has 0 unspecified atom stereocenters. The highest BCUT2D eigenvalue weighted by atomic mass is 19.2. The number of amides is 1. The van der Waals surface area contributed by atoms with Crippen LogP contribution < -0.4 is 10.1 Å². The fourth-order valence-electron chi connectivity index (χ4n) is 4.65. The van der Waals surface area contributed by atoms with Gasteiger partial charge < -0.3 is 15.2 Å². The molecule has 0 saturated heterocycles. The summed E-state index contributed by atoms with van der Waals surface area (Å²) >= 11 is 0. The van der Waals surface area contributed by atoms with Gasteiger partial charge in [-0.1, -0.05) is 30.3 Å². The number of hydrogen-bond donors (Lipinski definition) is 2. The number of aliphatic hydroxyl groups is 1. The minimum absolute atomic E-state index is 0.00104. The van der Waals surface area contributed by atoms with E-state index in [0.29, 0.717) is 22.2 Å². The first-order valence-electron chi connectivity index (χ1n) is 11.7. The molecule has 2 aromatic heterocycles. The molecule has 1 saturated carbocycles. The summed E-state index contributed by atoms with van der Waals surface area (Å²) in [5, 5.41) is 18.4. The van der Waals surface area contributed by atoms with Gasteiger partial charge in [-0.05, 0) is 36.2 Å². The van der Waals surface area contributed by atoms with Crippen molar-refractivity contribution in [2.24, 2.45) is 5.92 Å². The Morgan fingerprint density at radius 1 is 1.19 bits per heavy atom. The minimum Gasteiger partial charge on any atom is -0.495 e. The average Bonchev–Trinajstić information content (AvgIpc) is 3.36. The van der Waals surface area contributed by atoms with Crippen molar-refractivity contribution in [1.29, 1.82) is 0 Å². The second-order valence-electron chi connectivity index (χ2n) is 9.04. The third kappa shape index (κ3) is 4.42. The number of methoxy groups -OCH3 is 1. The summed E-state index contributed by atoms with van der Waals surface area (Å²) in [6.45, 7) is 0.00104. The zero-order valence-corrected chi connectivity index (χ0v) is 19.6. The molecule has 0 radical (unpaired) electrons. The van der Waals surface area contributed by atoms with Crippen LogP contribution in [0, 0.1) is 5.92 Å². The lowest BCUT2D eigenvalue weighted by atomic mass is 9.80. The van der Waals surface area contributed by atoms with Gasteiger partial charge in [-0.3, -0.25) is 9.78 Å². The molecule has 186 valence electrons. The Kier molecular flexibility index (Phi) is 6.40. The SMILES string of the molecule is COc1cncc(-c2ccc3cn([C@@]4(F)CC[C@H](CNC(=O)c5ccccc5)[C@@H](F)[C@H]4O)nc3c2)c1. The summed E-state index contributed by atoms with van der Waals surface area (Å²) in [6, 6.07) is 15.8. The minimum atomic E-state index is -2.41. The van der Waals surface area contributed by atoms with Crippen LogP contribution in [0.5, 0.6) is 5.75 Å². The van der Waals surface area contributed by atoms with Crippen molar-refractivity contribution in [3.8, 4) is 16.9 Å². The van der Waals surface area contributed by atoms with Crippen LogP contribution in [0.1, 0.15) is 23.2 Å². The van der Waals surface area contributed by atoms with E-state index in [9.17, 15) is 9.90 Å². The molecule has 36 heavy (non-hydrogen) atoms. The number of nitrogens with one attached hydrogen (secondary N) is 1. The Morgan fingerprint density at radius 2 is 2.00 bits per heavy atom. The lowest BCUT2D eigenvalue weighted by molar-refractivity contribution is -0.153. The molecule has 4 aromatic rings. The molecule has 0 spiro atoms. The summed E-state index contributed by atoms with van der Waals surface area (Å²) in [7, 11) is 1.56. The van der Waals surface area contributed by atoms with Crippen LogP contribution in [0.15, 0.2) is 73.2 Å². The number of aromatic nitrogens is 3. The molecule has 0 bridgehead atoms. The van der Waals surface area contributed by atoms with Gasteiger partial charge in [0.05, 0.1) is 18.8 Å². The largest absolute Gasteiger partial charge is 0.495 e. The summed E-state index contributed by atoms with van der Waals surface area (Å²) in [6.07, 6.45) is 0.971. The van der Waals surface area contributed by atoms with E-state index < -0.39 is 24.0 Å². The zero-order chi connectivity index (χ0) is 25.3. The Balaban J connectivity index is 1.32. The van der Waals surface area contributed by atoms with E-state index in [-0.39, 0.29) is 25.3 Å². The van der Waals surface area contributed by atoms with Crippen LogP contribution in [0.3, 0.4) is 0 Å². The van der Waals surface area contributed by atoms with Gasteiger partial charge in [0.15, 0.2) is 0 Å². The maximum absolute atomic E-state index is 16.0. The van der Waals surface area contributed by atoms with Gasteiger partial charge in [0.2, 0.25) is 5.79 Å². The smallest absolute Gasteiger partial charge is 0.251 e. The molecule has 4 atom stereocenters. The van der Waals surface area contributed by atoms with E-state index in [1.165, 1.54) is 6.20 Å². The Morgan fingerprint density at radius 3 is 2.78 bits per heavy atom. The first kappa shape index (κ1) is 23.9. The van der Waals surface area contributed by atoms with Crippen LogP contribution in [0.4, 0.5) is 8.78 Å². The molecule has 2 heterocycles. The van der Waals surface area contributed by atoms with Crippen LogP contribution in [0.2, 0.25) is 0 Å². The topological polar surface area (TPSA) is 89.3 Å². The lowest BCUT2D eigenvalue weighted by Crippen LogP contribution is -2.54. The number of rotatable bonds is 6. The van der Waals surface area contributed by atoms with Crippen LogP contribution in [0.25, 0.3) is 22.0 Å². The summed E-state index contributed by atoms with van der Waals surface area (Å²) in [4.78, 5) is 16.5. The number of aliphatic hydroxyl groups excluding tert-OH is 1. The van der Waals surface area contributed by atoms with E-state index in [0.717, 1.165) is 15.8 Å². The second-order valence-corrected chi connectivity index (χ2v) is 9.04. The molecule has 5 rings (SSSR count). The monoisotopic (exact) mass is 492 g/mol. The Bertz CT molecular complexity index is 1380. The molecule has 2 N–H and O–H groups in total. The zero-order valence-electron chi connectivity index (χ0n) is 19.6. The van der Waals surface area contributed by atoms with E-state index in [4.69, 9.17) is 4.74 Å². The van der Waals surface area contributed by atoms with Crippen LogP contribution in [-0.4, -0.2) is 51.7 Å². The van der Waals surface area contributed by atoms with Crippen LogP contribution >= 0.6 is 0 Å². The number of benzene rings is 2. The predicted molar refractivity (Wildman–Crippen MR) is 131 cm³/mol. The van der Waals surface area contributed by atoms with Gasteiger partial charge >= 0.3 is 0 Å². The Hall–Kier alpha value is -3.85. The number of carbonyl (C=O) groups is 1. The summed E-state index contributed by atoms with van der Waals surface area (Å²) in [5.41, 5.74) is 2.58. The first-order chi connectivity index (χ1) is 17.4. The maximum atomic E-state index is 16.0. The van der Waals surface area contributed by atoms with Gasteiger partial charge in [-0.25, -0.2) is 13.5 Å². The van der Waals surface area contributed by atoms with Crippen molar-refractivity contribution in [1.82, 2.24) is 20.1 Å². The van der Waals surface area contributed by atoms with Gasteiger partial charge in [0.1, 0.15) is 18.0 Å². The quantitative estimate of drug-likeness (QED) is 0.420. The third-order valence-electron chi connectivity index (χ3n) is 6.80. The average molecular weight is 493 g/mol. The van der Waals surface area contributed by atoms with E-state index in [1.807, 2.05) is 12.1 Å².